The maximum atomic E-state index is 13.3. The van der Waals surface area contributed by atoms with Crippen LogP contribution in [0.15, 0.2) is 12.7 Å². The molecule has 6 nitrogen and oxygen atoms in total. The van der Waals surface area contributed by atoms with Crippen molar-refractivity contribution in [2.24, 2.45) is 5.84 Å². The molecule has 0 bridgehead atoms. The minimum absolute atomic E-state index is 0.530. The highest BCUT2D eigenvalue weighted by atomic mass is 32.2. The lowest BCUT2D eigenvalue weighted by Crippen LogP contribution is -2.66. The van der Waals surface area contributed by atoms with Crippen LogP contribution in [-0.4, -0.2) is 55.2 Å². The number of hydrazine groups is 1. The summed E-state index contributed by atoms with van der Waals surface area (Å²) in [5, 5.41) is -6.95. The van der Waals surface area contributed by atoms with Gasteiger partial charge in [0.25, 0.3) is 10.0 Å². The molecule has 0 aromatic carbocycles. The van der Waals surface area contributed by atoms with Gasteiger partial charge in [0.2, 0.25) is 0 Å². The van der Waals surface area contributed by atoms with Gasteiger partial charge in [0.05, 0.1) is 6.54 Å². The molecular weight excluding hydrogens is 403 g/mol. The van der Waals surface area contributed by atoms with Crippen molar-refractivity contribution in [3.63, 3.8) is 0 Å². The summed E-state index contributed by atoms with van der Waals surface area (Å²) in [4.78, 5) is 10.6. The van der Waals surface area contributed by atoms with E-state index in [2.05, 4.69) is 17.2 Å². The van der Waals surface area contributed by atoms with E-state index in [1.54, 1.807) is 0 Å². The normalized spacial score (nSPS) is 14.5. The van der Waals surface area contributed by atoms with Crippen molar-refractivity contribution >= 4 is 16.0 Å². The first-order valence-corrected chi connectivity index (χ1v) is 7.08. The van der Waals surface area contributed by atoms with Crippen molar-refractivity contribution in [3.05, 3.63) is 12.7 Å². The molecule has 0 heterocycles. The van der Waals surface area contributed by atoms with Crippen LogP contribution in [0.25, 0.3) is 0 Å². The Balaban J connectivity index is 5.66. The van der Waals surface area contributed by atoms with Gasteiger partial charge in [0, 0.05) is 6.08 Å². The van der Waals surface area contributed by atoms with Crippen molar-refractivity contribution in [1.82, 2.24) is 4.41 Å². The number of rotatable bonds is 8. The molecule has 25 heavy (non-hydrogen) atoms. The number of alkyl halides is 9. The fourth-order valence-corrected chi connectivity index (χ4v) is 2.15. The predicted octanol–water partition coefficient (Wildman–Crippen LogP) is 1.65. The molecule has 0 aromatic heterocycles. The van der Waals surface area contributed by atoms with Crippen LogP contribution in [0.5, 0.6) is 0 Å². The zero-order chi connectivity index (χ0) is 20.5. The van der Waals surface area contributed by atoms with Crippen LogP contribution in [0.3, 0.4) is 0 Å². The van der Waals surface area contributed by atoms with E-state index in [9.17, 15) is 52.7 Å². The Morgan fingerprint density at radius 3 is 1.84 bits per heavy atom. The summed E-state index contributed by atoms with van der Waals surface area (Å²) in [7, 11) is -6.91. The lowest BCUT2D eigenvalue weighted by atomic mass is 10.1. The molecule has 0 spiro atoms. The molecule has 0 unspecified atom stereocenters. The maximum Gasteiger partial charge on any atom is 0.460 e. The van der Waals surface area contributed by atoms with Crippen molar-refractivity contribution in [3.8, 4) is 0 Å². The van der Waals surface area contributed by atoms with Gasteiger partial charge in [0.15, 0.2) is 0 Å². The number of ether oxygens (including phenoxy) is 1. The van der Waals surface area contributed by atoms with Gasteiger partial charge < -0.3 is 4.74 Å². The van der Waals surface area contributed by atoms with Gasteiger partial charge in [-0.15, -0.1) is 4.41 Å². The molecule has 0 amide bonds. The number of halogens is 9. The van der Waals surface area contributed by atoms with Gasteiger partial charge >= 0.3 is 29.2 Å². The van der Waals surface area contributed by atoms with Crippen molar-refractivity contribution in [2.75, 3.05) is 13.2 Å². The highest BCUT2D eigenvalue weighted by Crippen LogP contribution is 2.54. The minimum atomic E-state index is -7.40. The van der Waals surface area contributed by atoms with E-state index in [1.165, 1.54) is 0 Å². The fourth-order valence-electron chi connectivity index (χ4n) is 1.09. The van der Waals surface area contributed by atoms with E-state index in [0.717, 1.165) is 0 Å². The molecule has 0 saturated carbocycles. The molecule has 0 rings (SSSR count). The highest BCUT2D eigenvalue weighted by molar-refractivity contribution is 7.90. The zero-order valence-electron chi connectivity index (χ0n) is 11.7. The van der Waals surface area contributed by atoms with Crippen LogP contribution in [0, 0.1) is 0 Å². The molecule has 2 N–H and O–H groups in total. The molecule has 0 radical (unpaired) electrons. The lowest BCUT2D eigenvalue weighted by Gasteiger charge is -2.34. The number of hydrogen-bond donors (Lipinski definition) is 1. The van der Waals surface area contributed by atoms with Crippen LogP contribution < -0.4 is 5.84 Å². The predicted molar refractivity (Wildman–Crippen MR) is 61.9 cm³/mol. The first kappa shape index (κ1) is 23.4. The molecule has 0 atom stereocenters. The molecule has 0 aliphatic carbocycles. The Morgan fingerprint density at radius 2 is 1.48 bits per heavy atom. The summed E-state index contributed by atoms with van der Waals surface area (Å²) in [6.07, 6.45) is -6.66. The van der Waals surface area contributed by atoms with Gasteiger partial charge in [0.1, 0.15) is 6.61 Å². The Bertz CT molecular complexity index is 617. The number of esters is 1. The van der Waals surface area contributed by atoms with Gasteiger partial charge in [-0.25, -0.2) is 13.2 Å². The molecular formula is C9H9F9N2O4S. The summed E-state index contributed by atoms with van der Waals surface area (Å²) in [6.45, 7) is 0.316. The number of nitrogens with zero attached hydrogens (tertiary/aromatic N) is 1. The number of nitrogens with two attached hydrogens (primary N) is 1. The van der Waals surface area contributed by atoms with Crippen LogP contribution in [0.1, 0.15) is 0 Å². The average Bonchev–Trinajstić information content (AvgIpc) is 2.44. The Kier molecular flexibility index (Phi) is 6.55. The first-order valence-electron chi connectivity index (χ1n) is 5.64. The van der Waals surface area contributed by atoms with Gasteiger partial charge in [-0.05, 0) is 0 Å². The second-order valence-electron chi connectivity index (χ2n) is 4.15. The summed E-state index contributed by atoms with van der Waals surface area (Å²) in [5.41, 5.74) is 0. The van der Waals surface area contributed by atoms with Crippen LogP contribution in [-0.2, 0) is 19.6 Å². The fraction of sp³-hybridized carbons (Fsp3) is 0.667. The largest absolute Gasteiger partial charge is 0.461 e. The summed E-state index contributed by atoms with van der Waals surface area (Å²) < 4.78 is 139. The van der Waals surface area contributed by atoms with Crippen molar-refractivity contribution < 1.29 is 57.5 Å². The van der Waals surface area contributed by atoms with Crippen LogP contribution in [0.2, 0.25) is 0 Å². The quantitative estimate of drug-likeness (QED) is 0.215. The Hall–Kier alpha value is -1.55. The maximum absolute atomic E-state index is 13.3. The summed E-state index contributed by atoms with van der Waals surface area (Å²) in [5.74, 6) is -11.5. The summed E-state index contributed by atoms with van der Waals surface area (Å²) in [6, 6.07) is 0. The Labute approximate surface area is 134 Å². The topological polar surface area (TPSA) is 89.7 Å². The van der Waals surface area contributed by atoms with Crippen molar-refractivity contribution in [1.29, 1.82) is 0 Å². The number of hydrogen-bond acceptors (Lipinski definition) is 5. The monoisotopic (exact) mass is 412 g/mol. The third-order valence-electron chi connectivity index (χ3n) is 2.47. The third-order valence-corrected chi connectivity index (χ3v) is 4.18. The Morgan fingerprint density at radius 1 is 1.04 bits per heavy atom. The van der Waals surface area contributed by atoms with Crippen LogP contribution in [0.4, 0.5) is 39.5 Å². The second kappa shape index (κ2) is 6.99. The van der Waals surface area contributed by atoms with E-state index in [1.807, 2.05) is 0 Å². The van der Waals surface area contributed by atoms with Crippen molar-refractivity contribution in [2.45, 2.75) is 23.3 Å². The molecule has 16 heteroatoms. The average molecular weight is 412 g/mol. The molecule has 148 valence electrons. The number of carbonyl (C=O) groups is 1. The summed E-state index contributed by atoms with van der Waals surface area (Å²) >= 11 is 0. The molecule has 0 fully saturated rings. The van der Waals surface area contributed by atoms with E-state index < -0.39 is 56.8 Å². The van der Waals surface area contributed by atoms with Gasteiger partial charge in [-0.2, -0.15) is 39.5 Å². The molecule has 0 aliphatic rings. The van der Waals surface area contributed by atoms with Gasteiger partial charge in [-0.1, -0.05) is 6.58 Å². The number of sulfonamides is 1. The zero-order valence-corrected chi connectivity index (χ0v) is 12.5. The number of carbonyl (C=O) groups excluding carboxylic acids is 1. The highest BCUT2D eigenvalue weighted by Gasteiger charge is 2.85. The van der Waals surface area contributed by atoms with E-state index in [0.29, 0.717) is 6.08 Å². The van der Waals surface area contributed by atoms with Gasteiger partial charge in [-0.3, -0.25) is 5.84 Å². The third kappa shape index (κ3) is 4.00. The SMILES string of the molecule is C=CC(=O)OCCN(N)S(=O)(=O)C(F)(F)C(F)(F)C(F)(F)C(F)(F)F. The molecule has 0 aromatic rings. The minimum Gasteiger partial charge on any atom is -0.461 e. The molecule has 0 saturated heterocycles. The van der Waals surface area contributed by atoms with E-state index in [-0.39, 0.29) is 0 Å². The van der Waals surface area contributed by atoms with E-state index >= 15 is 0 Å². The van der Waals surface area contributed by atoms with E-state index in [4.69, 9.17) is 0 Å². The van der Waals surface area contributed by atoms with Crippen LogP contribution >= 0.6 is 0 Å². The standard InChI is InChI=1S/C9H9F9N2O4S/c1-2-5(21)24-4-3-20(19)25(22,23)9(17,18)7(12,13)6(10,11)8(14,15)16/h2H,1,3-4,19H2. The smallest absolute Gasteiger partial charge is 0.460 e. The lowest BCUT2D eigenvalue weighted by molar-refractivity contribution is -0.382. The first-order chi connectivity index (χ1) is 10.9. The second-order valence-corrected chi connectivity index (χ2v) is 6.08. The molecule has 0 aliphatic heterocycles.